The SMILES string of the molecule is CC.CC.CCC1CCN(C(=O)CCc2ccccc2)CC1.NC=NC(C=C1CC1)(CC1CCCCC1)CC1CCCCC1. The Hall–Kier alpha value is -2.10. The molecule has 250 valence electrons. The Kier molecular flexibility index (Phi) is 19.4. The summed E-state index contributed by atoms with van der Waals surface area (Å²) in [4.78, 5) is 19.0. The molecular formula is C40H69N3O. The molecule has 0 unspecified atom stereocenters. The van der Waals surface area contributed by atoms with Gasteiger partial charge in [0.15, 0.2) is 0 Å². The van der Waals surface area contributed by atoms with Crippen LogP contribution in [0, 0.1) is 17.8 Å². The Labute approximate surface area is 272 Å². The molecule has 0 spiro atoms. The minimum atomic E-state index is 0.0323. The number of aryl methyl sites for hydroxylation is 1. The zero-order chi connectivity index (χ0) is 32.0. The molecule has 3 aliphatic carbocycles. The number of aliphatic imine (C=N–C) groups is 1. The van der Waals surface area contributed by atoms with Crippen molar-refractivity contribution in [3.8, 4) is 0 Å². The van der Waals surface area contributed by atoms with Crippen molar-refractivity contribution in [3.05, 3.63) is 47.5 Å². The molecule has 5 rings (SSSR count). The zero-order valence-electron chi connectivity index (χ0n) is 29.5. The molecule has 0 aromatic heterocycles. The van der Waals surface area contributed by atoms with Crippen molar-refractivity contribution in [2.24, 2.45) is 28.5 Å². The van der Waals surface area contributed by atoms with Gasteiger partial charge in [0.05, 0.1) is 11.9 Å². The maximum atomic E-state index is 12.1. The number of piperidine rings is 1. The summed E-state index contributed by atoms with van der Waals surface area (Å²) >= 11 is 0. The van der Waals surface area contributed by atoms with Gasteiger partial charge in [-0.2, -0.15) is 0 Å². The van der Waals surface area contributed by atoms with E-state index in [4.69, 9.17) is 10.7 Å². The van der Waals surface area contributed by atoms with Crippen molar-refractivity contribution in [3.63, 3.8) is 0 Å². The predicted octanol–water partition coefficient (Wildman–Crippen LogP) is 10.7. The lowest BCUT2D eigenvalue weighted by atomic mass is 9.73. The minimum Gasteiger partial charge on any atom is -0.390 e. The smallest absolute Gasteiger partial charge is 0.222 e. The van der Waals surface area contributed by atoms with Crippen molar-refractivity contribution < 1.29 is 4.79 Å². The van der Waals surface area contributed by atoms with Crippen molar-refractivity contribution in [1.82, 2.24) is 4.90 Å². The molecule has 1 aliphatic heterocycles. The highest BCUT2D eigenvalue weighted by Crippen LogP contribution is 2.43. The number of carbonyl (C=O) groups excluding carboxylic acids is 1. The van der Waals surface area contributed by atoms with Gasteiger partial charge in [-0.3, -0.25) is 9.79 Å². The van der Waals surface area contributed by atoms with Gasteiger partial charge in [0, 0.05) is 19.5 Å². The van der Waals surface area contributed by atoms with Crippen LogP contribution in [-0.2, 0) is 11.2 Å². The Morgan fingerprint density at radius 1 is 0.818 bits per heavy atom. The van der Waals surface area contributed by atoms with E-state index in [1.54, 1.807) is 11.9 Å². The molecule has 4 heteroatoms. The van der Waals surface area contributed by atoms with Gasteiger partial charge in [-0.25, -0.2) is 0 Å². The first kappa shape index (κ1) is 38.1. The molecule has 4 nitrogen and oxygen atoms in total. The van der Waals surface area contributed by atoms with Crippen LogP contribution >= 0.6 is 0 Å². The van der Waals surface area contributed by atoms with Crippen LogP contribution in [0.2, 0.25) is 0 Å². The number of hydrogen-bond acceptors (Lipinski definition) is 2. The first-order valence-corrected chi connectivity index (χ1v) is 18.9. The minimum absolute atomic E-state index is 0.0323. The van der Waals surface area contributed by atoms with Gasteiger partial charge in [0.1, 0.15) is 0 Å². The summed E-state index contributed by atoms with van der Waals surface area (Å²) in [7, 11) is 0. The molecule has 0 radical (unpaired) electrons. The van der Waals surface area contributed by atoms with Crippen LogP contribution in [0.25, 0.3) is 0 Å². The maximum Gasteiger partial charge on any atom is 0.222 e. The third-order valence-corrected chi connectivity index (χ3v) is 10.1. The second-order valence-electron chi connectivity index (χ2n) is 13.3. The monoisotopic (exact) mass is 608 g/mol. The number of nitrogens with two attached hydrogens (primary N) is 1. The number of allylic oxidation sites excluding steroid dienone is 1. The molecule has 2 N–H and O–H groups in total. The van der Waals surface area contributed by atoms with Crippen LogP contribution in [0.15, 0.2) is 47.0 Å². The van der Waals surface area contributed by atoms with Crippen molar-refractivity contribution in [1.29, 1.82) is 0 Å². The Morgan fingerprint density at radius 3 is 1.80 bits per heavy atom. The third-order valence-electron chi connectivity index (χ3n) is 10.1. The summed E-state index contributed by atoms with van der Waals surface area (Å²) in [6.45, 7) is 12.2. The van der Waals surface area contributed by atoms with E-state index in [0.717, 1.165) is 37.3 Å². The quantitative estimate of drug-likeness (QED) is 0.163. The molecule has 0 bridgehead atoms. The zero-order valence-corrected chi connectivity index (χ0v) is 29.5. The fourth-order valence-electron chi connectivity index (χ4n) is 7.52. The maximum absolute atomic E-state index is 12.1. The Bertz CT molecular complexity index is 893. The molecule has 1 amide bonds. The van der Waals surface area contributed by atoms with Crippen molar-refractivity contribution >= 4 is 12.2 Å². The fourth-order valence-corrected chi connectivity index (χ4v) is 7.52. The number of benzene rings is 1. The molecular weight excluding hydrogens is 538 g/mol. The number of rotatable bonds is 10. The summed E-state index contributed by atoms with van der Waals surface area (Å²) in [6, 6.07) is 10.3. The number of nitrogens with zero attached hydrogens (tertiary/aromatic N) is 2. The summed E-state index contributed by atoms with van der Waals surface area (Å²) in [5.41, 5.74) is 8.73. The van der Waals surface area contributed by atoms with Crippen molar-refractivity contribution in [2.75, 3.05) is 13.1 Å². The van der Waals surface area contributed by atoms with Crippen LogP contribution in [0.3, 0.4) is 0 Å². The van der Waals surface area contributed by atoms with E-state index < -0.39 is 0 Å². The Balaban J connectivity index is 0.000000280. The Morgan fingerprint density at radius 2 is 1.34 bits per heavy atom. The van der Waals surface area contributed by atoms with Crippen LogP contribution < -0.4 is 5.73 Å². The van der Waals surface area contributed by atoms with Crippen LogP contribution in [0.4, 0.5) is 0 Å². The summed E-state index contributed by atoms with van der Waals surface area (Å²) in [6.07, 6.45) is 28.6. The van der Waals surface area contributed by atoms with E-state index in [2.05, 4.69) is 30.0 Å². The lowest BCUT2D eigenvalue weighted by Crippen LogP contribution is -2.38. The molecule has 4 fully saturated rings. The average molecular weight is 608 g/mol. The highest BCUT2D eigenvalue weighted by molar-refractivity contribution is 5.76. The van der Waals surface area contributed by atoms with Gasteiger partial charge in [-0.1, -0.05) is 147 Å². The first-order valence-electron chi connectivity index (χ1n) is 18.9. The molecule has 3 saturated carbocycles. The van der Waals surface area contributed by atoms with E-state index >= 15 is 0 Å². The van der Waals surface area contributed by atoms with Crippen LogP contribution in [-0.4, -0.2) is 35.8 Å². The van der Waals surface area contributed by atoms with Gasteiger partial charge in [-0.15, -0.1) is 0 Å². The van der Waals surface area contributed by atoms with Gasteiger partial charge < -0.3 is 10.6 Å². The summed E-state index contributed by atoms with van der Waals surface area (Å²) in [5.74, 6) is 2.91. The molecule has 1 aromatic rings. The van der Waals surface area contributed by atoms with E-state index in [1.807, 2.05) is 45.9 Å². The topological polar surface area (TPSA) is 58.7 Å². The fraction of sp³-hybridized carbons (Fsp3) is 0.750. The van der Waals surface area contributed by atoms with E-state index in [9.17, 15) is 4.79 Å². The van der Waals surface area contributed by atoms with Gasteiger partial charge in [0.25, 0.3) is 0 Å². The normalized spacial score (nSPS) is 19.6. The van der Waals surface area contributed by atoms with Crippen LogP contribution in [0.5, 0.6) is 0 Å². The summed E-state index contributed by atoms with van der Waals surface area (Å²) < 4.78 is 0. The molecule has 0 atom stereocenters. The van der Waals surface area contributed by atoms with Gasteiger partial charge in [-0.05, 0) is 68.3 Å². The number of likely N-dealkylation sites (tertiary alicyclic amines) is 1. The third kappa shape index (κ3) is 14.3. The van der Waals surface area contributed by atoms with E-state index in [0.29, 0.717) is 12.3 Å². The molecule has 44 heavy (non-hydrogen) atoms. The molecule has 1 aromatic carbocycles. The molecule has 1 saturated heterocycles. The number of hydrogen-bond donors (Lipinski definition) is 1. The van der Waals surface area contributed by atoms with E-state index in [1.165, 1.54) is 115 Å². The summed E-state index contributed by atoms with van der Waals surface area (Å²) in [5, 5.41) is 0. The van der Waals surface area contributed by atoms with E-state index in [-0.39, 0.29) is 5.54 Å². The average Bonchev–Trinajstić information content (AvgIpc) is 3.91. The molecule has 4 aliphatic rings. The number of carbonyl (C=O) groups is 1. The lowest BCUT2D eigenvalue weighted by molar-refractivity contribution is -0.132. The number of amides is 1. The lowest BCUT2D eigenvalue weighted by Gasteiger charge is -2.36. The highest BCUT2D eigenvalue weighted by Gasteiger charge is 2.35. The largest absolute Gasteiger partial charge is 0.390 e. The van der Waals surface area contributed by atoms with Crippen LogP contribution in [0.1, 0.15) is 156 Å². The second-order valence-corrected chi connectivity index (χ2v) is 13.3. The standard InChI is InChI=1S/C20H34N2.C16H23NO.2C2H6/c21-16-22-20(15-19-11-12-19,13-17-7-3-1-4-8-17)14-18-9-5-2-6-10-18;1-2-14-10-12-17(13-11-14)16(18)9-8-15-6-4-3-5-7-15;2*1-2/h15-18H,1-14H2,(H2,21,22);3-7,14H,2,8-13H2,1H3;2*1-2H3. The highest BCUT2D eigenvalue weighted by atomic mass is 16.2. The van der Waals surface area contributed by atoms with Gasteiger partial charge in [0.2, 0.25) is 5.91 Å². The first-order chi connectivity index (χ1) is 21.6. The second kappa shape index (κ2) is 22.4. The van der Waals surface area contributed by atoms with Crippen molar-refractivity contribution in [2.45, 2.75) is 162 Å². The predicted molar refractivity (Wildman–Crippen MR) is 192 cm³/mol. The molecule has 1 heterocycles. The van der Waals surface area contributed by atoms with Gasteiger partial charge >= 0.3 is 0 Å².